The van der Waals surface area contributed by atoms with E-state index in [1.165, 1.54) is 0 Å². The summed E-state index contributed by atoms with van der Waals surface area (Å²) < 4.78 is 5.04. The molecular formula is C13H21N3O4. The summed E-state index contributed by atoms with van der Waals surface area (Å²) in [5.74, 6) is -0.623. The third kappa shape index (κ3) is 3.72. The molecule has 0 aromatic carbocycles. The Morgan fingerprint density at radius 3 is 2.20 bits per heavy atom. The highest BCUT2D eigenvalue weighted by Crippen LogP contribution is 2.20. The van der Waals surface area contributed by atoms with Gasteiger partial charge in [-0.25, -0.2) is 9.59 Å². The average Bonchev–Trinajstić information content (AvgIpc) is 2.65. The molecule has 20 heavy (non-hydrogen) atoms. The second-order valence-corrected chi connectivity index (χ2v) is 5.14. The van der Waals surface area contributed by atoms with Crippen LogP contribution in [-0.4, -0.2) is 28.3 Å². The Morgan fingerprint density at radius 1 is 1.20 bits per heavy atom. The lowest BCUT2D eigenvalue weighted by Crippen LogP contribution is -2.49. The van der Waals surface area contributed by atoms with E-state index in [2.05, 4.69) is 15.8 Å². The van der Waals surface area contributed by atoms with E-state index in [-0.39, 0.29) is 12.0 Å². The van der Waals surface area contributed by atoms with E-state index in [0.29, 0.717) is 11.5 Å². The Kier molecular flexibility index (Phi) is 5.12. The molecule has 1 unspecified atom stereocenters. The highest BCUT2D eigenvalue weighted by Gasteiger charge is 2.25. The molecule has 3 N–H and O–H groups in total. The van der Waals surface area contributed by atoms with Crippen LogP contribution < -0.4 is 10.6 Å². The number of amides is 2. The maximum Gasteiger partial charge on any atom is 0.326 e. The van der Waals surface area contributed by atoms with E-state index >= 15 is 0 Å². The molecule has 1 aromatic rings. The number of rotatable bonds is 5. The summed E-state index contributed by atoms with van der Waals surface area (Å²) in [6.07, 6.45) is 0. The minimum Gasteiger partial charge on any atom is -0.480 e. The first-order chi connectivity index (χ1) is 9.23. The Hall–Kier alpha value is -2.05. The van der Waals surface area contributed by atoms with E-state index < -0.39 is 18.0 Å². The van der Waals surface area contributed by atoms with Gasteiger partial charge in [0, 0.05) is 5.56 Å². The Bertz CT molecular complexity index is 476. The number of carbonyl (C=O) groups is 2. The average molecular weight is 283 g/mol. The van der Waals surface area contributed by atoms with Crippen LogP contribution in [0.3, 0.4) is 0 Å². The molecule has 0 aliphatic carbocycles. The molecule has 1 heterocycles. The van der Waals surface area contributed by atoms with Gasteiger partial charge >= 0.3 is 12.0 Å². The first-order valence-corrected chi connectivity index (χ1v) is 6.46. The van der Waals surface area contributed by atoms with Gasteiger partial charge in [-0.05, 0) is 26.7 Å². The van der Waals surface area contributed by atoms with Crippen molar-refractivity contribution in [2.75, 3.05) is 0 Å². The summed E-state index contributed by atoms with van der Waals surface area (Å²) in [6, 6.07) is -1.77. The maximum atomic E-state index is 11.9. The summed E-state index contributed by atoms with van der Waals surface area (Å²) in [7, 11) is 0. The van der Waals surface area contributed by atoms with Gasteiger partial charge in [-0.3, -0.25) is 0 Å². The third-order valence-corrected chi connectivity index (χ3v) is 3.09. The standard InChI is InChI=1S/C13H21N3O4/c1-6(2)11(12(17)18)15-13(19)14-7(3)10-8(4)16-20-9(10)5/h6-7,11H,1-5H3,(H,17,18)(H2,14,15,19)/t7?,11-/m1/s1. The smallest absolute Gasteiger partial charge is 0.326 e. The van der Waals surface area contributed by atoms with Gasteiger partial charge in [0.2, 0.25) is 0 Å². The number of aromatic nitrogens is 1. The Labute approximate surface area is 117 Å². The number of carboxylic acids is 1. The molecule has 1 aromatic heterocycles. The van der Waals surface area contributed by atoms with Crippen LogP contribution in [-0.2, 0) is 4.79 Å². The molecule has 2 amide bonds. The molecule has 2 atom stereocenters. The van der Waals surface area contributed by atoms with E-state index in [4.69, 9.17) is 9.63 Å². The summed E-state index contributed by atoms with van der Waals surface area (Å²) >= 11 is 0. The molecule has 0 aliphatic rings. The second-order valence-electron chi connectivity index (χ2n) is 5.14. The summed E-state index contributed by atoms with van der Waals surface area (Å²) in [4.78, 5) is 22.9. The van der Waals surface area contributed by atoms with Gasteiger partial charge in [0.15, 0.2) is 0 Å². The zero-order valence-corrected chi connectivity index (χ0v) is 12.4. The number of carboxylic acid groups (broad SMARTS) is 1. The number of aliphatic carboxylic acids is 1. The van der Waals surface area contributed by atoms with Gasteiger partial charge in [-0.1, -0.05) is 19.0 Å². The molecule has 0 radical (unpaired) electrons. The van der Waals surface area contributed by atoms with Crippen molar-refractivity contribution in [3.05, 3.63) is 17.0 Å². The Morgan fingerprint density at radius 2 is 1.80 bits per heavy atom. The van der Waals surface area contributed by atoms with Gasteiger partial charge < -0.3 is 20.3 Å². The van der Waals surface area contributed by atoms with Crippen LogP contribution in [0, 0.1) is 19.8 Å². The maximum absolute atomic E-state index is 11.9. The largest absolute Gasteiger partial charge is 0.480 e. The van der Waals surface area contributed by atoms with Crippen molar-refractivity contribution < 1.29 is 19.2 Å². The summed E-state index contributed by atoms with van der Waals surface area (Å²) in [6.45, 7) is 8.81. The molecule has 0 saturated heterocycles. The number of nitrogens with one attached hydrogen (secondary N) is 2. The van der Waals surface area contributed by atoms with Crippen molar-refractivity contribution >= 4 is 12.0 Å². The van der Waals surface area contributed by atoms with Crippen molar-refractivity contribution in [1.29, 1.82) is 0 Å². The van der Waals surface area contributed by atoms with E-state index in [0.717, 1.165) is 5.56 Å². The third-order valence-electron chi connectivity index (χ3n) is 3.09. The van der Waals surface area contributed by atoms with Crippen molar-refractivity contribution in [3.63, 3.8) is 0 Å². The number of urea groups is 1. The zero-order valence-electron chi connectivity index (χ0n) is 12.4. The summed E-state index contributed by atoms with van der Waals surface area (Å²) in [5, 5.41) is 18.0. The second kappa shape index (κ2) is 6.40. The lowest BCUT2D eigenvalue weighted by molar-refractivity contribution is -0.140. The number of hydrogen-bond acceptors (Lipinski definition) is 4. The predicted octanol–water partition coefficient (Wildman–Crippen LogP) is 1.76. The molecule has 0 fully saturated rings. The van der Waals surface area contributed by atoms with E-state index in [9.17, 15) is 9.59 Å². The highest BCUT2D eigenvalue weighted by atomic mass is 16.5. The molecule has 7 nitrogen and oxygen atoms in total. The topological polar surface area (TPSA) is 104 Å². The summed E-state index contributed by atoms with van der Waals surface area (Å²) in [5.41, 5.74) is 1.51. The molecule has 0 bridgehead atoms. The number of nitrogens with zero attached hydrogens (tertiary/aromatic N) is 1. The minimum absolute atomic E-state index is 0.201. The molecule has 0 spiro atoms. The first kappa shape index (κ1) is 16.0. The minimum atomic E-state index is -1.06. The number of carbonyl (C=O) groups excluding carboxylic acids is 1. The quantitative estimate of drug-likeness (QED) is 0.763. The number of hydrogen-bond donors (Lipinski definition) is 3. The molecule has 7 heteroatoms. The highest BCUT2D eigenvalue weighted by molar-refractivity contribution is 5.82. The van der Waals surface area contributed by atoms with Gasteiger partial charge in [0.1, 0.15) is 11.8 Å². The van der Waals surface area contributed by atoms with Gasteiger partial charge in [0.05, 0.1) is 11.7 Å². The fourth-order valence-electron chi connectivity index (χ4n) is 2.07. The van der Waals surface area contributed by atoms with Crippen LogP contribution in [0.15, 0.2) is 4.52 Å². The fourth-order valence-corrected chi connectivity index (χ4v) is 2.07. The van der Waals surface area contributed by atoms with Crippen LogP contribution in [0.25, 0.3) is 0 Å². The van der Waals surface area contributed by atoms with Crippen molar-refractivity contribution in [2.24, 2.45) is 5.92 Å². The lowest BCUT2D eigenvalue weighted by atomic mass is 10.0. The molecular weight excluding hydrogens is 262 g/mol. The predicted molar refractivity (Wildman–Crippen MR) is 72.3 cm³/mol. The lowest BCUT2D eigenvalue weighted by Gasteiger charge is -2.20. The van der Waals surface area contributed by atoms with Gasteiger partial charge in [-0.2, -0.15) is 0 Å². The van der Waals surface area contributed by atoms with E-state index in [1.807, 2.05) is 0 Å². The first-order valence-electron chi connectivity index (χ1n) is 6.46. The van der Waals surface area contributed by atoms with Gasteiger partial charge in [-0.15, -0.1) is 0 Å². The van der Waals surface area contributed by atoms with Crippen LogP contribution in [0.2, 0.25) is 0 Å². The van der Waals surface area contributed by atoms with Crippen molar-refractivity contribution in [3.8, 4) is 0 Å². The zero-order chi connectivity index (χ0) is 15.4. The number of aryl methyl sites for hydroxylation is 2. The molecule has 112 valence electrons. The SMILES string of the molecule is Cc1noc(C)c1C(C)NC(=O)N[C@@H](C(=O)O)C(C)C. The van der Waals surface area contributed by atoms with Crippen LogP contribution in [0.4, 0.5) is 4.79 Å². The fraction of sp³-hybridized carbons (Fsp3) is 0.615. The van der Waals surface area contributed by atoms with Crippen LogP contribution >= 0.6 is 0 Å². The van der Waals surface area contributed by atoms with Crippen molar-refractivity contribution in [2.45, 2.75) is 46.7 Å². The monoisotopic (exact) mass is 283 g/mol. The van der Waals surface area contributed by atoms with Crippen molar-refractivity contribution in [1.82, 2.24) is 15.8 Å². The van der Waals surface area contributed by atoms with E-state index in [1.54, 1.807) is 34.6 Å². The normalized spacial score (nSPS) is 13.9. The van der Waals surface area contributed by atoms with Crippen LogP contribution in [0.5, 0.6) is 0 Å². The molecule has 0 saturated carbocycles. The van der Waals surface area contributed by atoms with Crippen LogP contribution in [0.1, 0.15) is 43.8 Å². The Balaban J connectivity index is 2.69. The molecule has 1 rings (SSSR count). The van der Waals surface area contributed by atoms with Gasteiger partial charge in [0.25, 0.3) is 0 Å². The molecule has 0 aliphatic heterocycles.